The topological polar surface area (TPSA) is 70.8 Å². The molecule has 1 N–H and O–H groups in total. The molecule has 1 aliphatic heterocycles. The fourth-order valence-corrected chi connectivity index (χ4v) is 2.95. The highest BCUT2D eigenvalue weighted by atomic mass is 16.4. The quantitative estimate of drug-likeness (QED) is 0.946. The number of hydrogen-bond donors (Lipinski definition) is 1. The van der Waals surface area contributed by atoms with E-state index in [0.29, 0.717) is 13.0 Å². The first-order valence-electron chi connectivity index (χ1n) is 7.37. The molecule has 0 saturated carbocycles. The Bertz CT molecular complexity index is 748. The van der Waals surface area contributed by atoms with Crippen LogP contribution in [0.15, 0.2) is 28.9 Å². The van der Waals surface area contributed by atoms with Crippen molar-refractivity contribution in [2.75, 3.05) is 13.1 Å². The van der Waals surface area contributed by atoms with Crippen LogP contribution in [0.5, 0.6) is 0 Å². The van der Waals surface area contributed by atoms with Crippen LogP contribution in [0.2, 0.25) is 0 Å². The Balaban J connectivity index is 1.76. The van der Waals surface area contributed by atoms with Gasteiger partial charge in [0, 0.05) is 24.0 Å². The van der Waals surface area contributed by atoms with E-state index in [1.807, 2.05) is 25.1 Å². The van der Waals surface area contributed by atoms with Crippen molar-refractivity contribution < 1.29 is 19.1 Å². The summed E-state index contributed by atoms with van der Waals surface area (Å²) in [6.07, 6.45) is 2.36. The van der Waals surface area contributed by atoms with Crippen molar-refractivity contribution >= 4 is 22.8 Å². The summed E-state index contributed by atoms with van der Waals surface area (Å²) in [6.45, 7) is 4.45. The highest BCUT2D eigenvalue weighted by Crippen LogP contribution is 2.31. The summed E-state index contributed by atoms with van der Waals surface area (Å²) >= 11 is 0. The lowest BCUT2D eigenvalue weighted by atomic mass is 9.90. The van der Waals surface area contributed by atoms with Gasteiger partial charge in [-0.1, -0.05) is 12.1 Å². The maximum Gasteiger partial charge on any atom is 0.311 e. The number of benzene rings is 1. The maximum absolute atomic E-state index is 12.4. The molecule has 1 atom stereocenters. The number of amides is 1. The second-order valence-electron chi connectivity index (χ2n) is 6.37. The van der Waals surface area contributed by atoms with E-state index in [1.54, 1.807) is 18.1 Å². The molecule has 1 aliphatic rings. The van der Waals surface area contributed by atoms with Crippen molar-refractivity contribution in [2.24, 2.45) is 5.41 Å². The molecule has 2 heterocycles. The normalized spacial score (nSPS) is 21.5. The fraction of sp³-hybridized carbons (Fsp3) is 0.412. The zero-order valence-corrected chi connectivity index (χ0v) is 12.8. The van der Waals surface area contributed by atoms with E-state index < -0.39 is 11.4 Å². The van der Waals surface area contributed by atoms with Crippen LogP contribution in [0.3, 0.4) is 0 Å². The van der Waals surface area contributed by atoms with Gasteiger partial charge in [0.15, 0.2) is 0 Å². The van der Waals surface area contributed by atoms with E-state index in [2.05, 4.69) is 0 Å². The number of furan rings is 1. The summed E-state index contributed by atoms with van der Waals surface area (Å²) in [6, 6.07) is 5.89. The Hall–Kier alpha value is -2.30. The number of carbonyl (C=O) groups excluding carboxylic acids is 1. The van der Waals surface area contributed by atoms with Gasteiger partial charge in [0.05, 0.1) is 18.1 Å². The Labute approximate surface area is 128 Å². The van der Waals surface area contributed by atoms with Gasteiger partial charge in [0.25, 0.3) is 0 Å². The van der Waals surface area contributed by atoms with Crippen molar-refractivity contribution in [1.29, 1.82) is 0 Å². The molecule has 0 aliphatic carbocycles. The molecule has 0 radical (unpaired) electrons. The molecule has 1 aromatic carbocycles. The van der Waals surface area contributed by atoms with Gasteiger partial charge in [-0.3, -0.25) is 9.59 Å². The number of likely N-dealkylation sites (tertiary alicyclic amines) is 1. The first-order chi connectivity index (χ1) is 10.4. The van der Waals surface area contributed by atoms with Gasteiger partial charge in [0.2, 0.25) is 5.91 Å². The molecule has 0 bridgehead atoms. The zero-order chi connectivity index (χ0) is 15.9. The van der Waals surface area contributed by atoms with Crippen molar-refractivity contribution in [1.82, 2.24) is 4.90 Å². The lowest BCUT2D eigenvalue weighted by Gasteiger charge is -2.20. The molecule has 1 amide bonds. The third kappa shape index (κ3) is 2.47. The molecular formula is C17H19NO4. The van der Waals surface area contributed by atoms with Crippen LogP contribution in [0.4, 0.5) is 0 Å². The highest BCUT2D eigenvalue weighted by Gasteiger charge is 2.42. The number of carboxylic acids is 1. The van der Waals surface area contributed by atoms with Gasteiger partial charge in [0.1, 0.15) is 5.58 Å². The van der Waals surface area contributed by atoms with E-state index >= 15 is 0 Å². The van der Waals surface area contributed by atoms with E-state index in [1.165, 1.54) is 0 Å². The number of rotatable bonds is 3. The molecule has 0 unspecified atom stereocenters. The maximum atomic E-state index is 12.4. The molecule has 1 aromatic heterocycles. The number of hydrogen-bond acceptors (Lipinski definition) is 3. The van der Waals surface area contributed by atoms with Crippen LogP contribution in [-0.4, -0.2) is 35.0 Å². The smallest absolute Gasteiger partial charge is 0.311 e. The van der Waals surface area contributed by atoms with Gasteiger partial charge in [-0.2, -0.15) is 0 Å². The summed E-state index contributed by atoms with van der Waals surface area (Å²) in [5, 5.41) is 10.2. The van der Waals surface area contributed by atoms with Gasteiger partial charge < -0.3 is 14.4 Å². The van der Waals surface area contributed by atoms with Crippen LogP contribution in [0.1, 0.15) is 24.5 Å². The standard InChI is InChI=1S/C17H19NO4/c1-11-3-4-13-12(9-22-14(13)7-11)8-15(19)18-6-5-17(2,10-18)16(20)21/h3-4,7,9H,5-6,8,10H2,1-2H3,(H,20,21)/t17-/m1/s1. The van der Waals surface area contributed by atoms with Crippen LogP contribution in [0.25, 0.3) is 11.0 Å². The van der Waals surface area contributed by atoms with E-state index in [4.69, 9.17) is 4.42 Å². The van der Waals surface area contributed by atoms with Gasteiger partial charge >= 0.3 is 5.97 Å². The van der Waals surface area contributed by atoms with Crippen molar-refractivity contribution in [3.8, 4) is 0 Å². The second-order valence-corrected chi connectivity index (χ2v) is 6.37. The van der Waals surface area contributed by atoms with E-state index in [-0.39, 0.29) is 18.9 Å². The summed E-state index contributed by atoms with van der Waals surface area (Å²) in [4.78, 5) is 25.3. The minimum Gasteiger partial charge on any atom is -0.481 e. The largest absolute Gasteiger partial charge is 0.481 e. The summed E-state index contributed by atoms with van der Waals surface area (Å²) in [5.41, 5.74) is 1.91. The molecular weight excluding hydrogens is 282 g/mol. The third-order valence-electron chi connectivity index (χ3n) is 4.50. The van der Waals surface area contributed by atoms with Crippen molar-refractivity contribution in [2.45, 2.75) is 26.7 Å². The number of carboxylic acid groups (broad SMARTS) is 1. The minimum absolute atomic E-state index is 0.0479. The fourth-order valence-electron chi connectivity index (χ4n) is 2.95. The third-order valence-corrected chi connectivity index (χ3v) is 4.50. The van der Waals surface area contributed by atoms with Crippen LogP contribution >= 0.6 is 0 Å². The highest BCUT2D eigenvalue weighted by molar-refractivity contribution is 5.88. The second kappa shape index (κ2) is 5.16. The molecule has 5 heteroatoms. The van der Waals surface area contributed by atoms with Crippen molar-refractivity contribution in [3.63, 3.8) is 0 Å². The van der Waals surface area contributed by atoms with Crippen molar-refractivity contribution in [3.05, 3.63) is 35.6 Å². The van der Waals surface area contributed by atoms with Crippen LogP contribution in [0, 0.1) is 12.3 Å². The Morgan fingerprint density at radius 2 is 2.18 bits per heavy atom. The average molecular weight is 301 g/mol. The van der Waals surface area contributed by atoms with E-state index in [0.717, 1.165) is 22.1 Å². The number of nitrogens with zero attached hydrogens (tertiary/aromatic N) is 1. The average Bonchev–Trinajstić information content (AvgIpc) is 3.04. The molecule has 0 spiro atoms. The summed E-state index contributed by atoms with van der Waals surface area (Å²) in [7, 11) is 0. The number of aliphatic carboxylic acids is 1. The first-order valence-corrected chi connectivity index (χ1v) is 7.37. The zero-order valence-electron chi connectivity index (χ0n) is 12.8. The Kier molecular flexibility index (Phi) is 3.43. The van der Waals surface area contributed by atoms with Gasteiger partial charge in [-0.05, 0) is 31.9 Å². The number of aryl methyl sites for hydroxylation is 1. The first kappa shape index (κ1) is 14.6. The van der Waals surface area contributed by atoms with Gasteiger partial charge in [-0.25, -0.2) is 0 Å². The molecule has 1 saturated heterocycles. The summed E-state index contributed by atoms with van der Waals surface area (Å²) < 4.78 is 5.51. The predicted molar refractivity (Wildman–Crippen MR) is 81.6 cm³/mol. The molecule has 22 heavy (non-hydrogen) atoms. The monoisotopic (exact) mass is 301 g/mol. The number of fused-ring (bicyclic) bond motifs is 1. The molecule has 5 nitrogen and oxygen atoms in total. The predicted octanol–water partition coefficient (Wildman–Crippen LogP) is 2.61. The lowest BCUT2D eigenvalue weighted by Crippen LogP contribution is -2.35. The van der Waals surface area contributed by atoms with E-state index in [9.17, 15) is 14.7 Å². The molecule has 2 aromatic rings. The molecule has 1 fully saturated rings. The SMILES string of the molecule is Cc1ccc2c(CC(=O)N3CC[C@@](C)(C(=O)O)C3)coc2c1. The Morgan fingerprint density at radius 3 is 2.86 bits per heavy atom. The van der Waals surface area contributed by atoms with Gasteiger partial charge in [-0.15, -0.1) is 0 Å². The summed E-state index contributed by atoms with van der Waals surface area (Å²) in [5.74, 6) is -0.889. The molecule has 116 valence electrons. The molecule has 3 rings (SSSR count). The Morgan fingerprint density at radius 1 is 1.41 bits per heavy atom. The number of carbonyl (C=O) groups is 2. The lowest BCUT2D eigenvalue weighted by molar-refractivity contribution is -0.147. The minimum atomic E-state index is -0.841. The van der Waals surface area contributed by atoms with Crippen LogP contribution < -0.4 is 0 Å². The van der Waals surface area contributed by atoms with Crippen LogP contribution in [-0.2, 0) is 16.0 Å².